The molecule has 3 aromatic rings. The third kappa shape index (κ3) is 4.33. The van der Waals surface area contributed by atoms with Crippen molar-refractivity contribution in [1.82, 2.24) is 4.98 Å². The van der Waals surface area contributed by atoms with Gasteiger partial charge in [0.15, 0.2) is 0 Å². The Morgan fingerprint density at radius 3 is 2.71 bits per heavy atom. The predicted molar refractivity (Wildman–Crippen MR) is 117 cm³/mol. The summed E-state index contributed by atoms with van der Waals surface area (Å²) in [6.45, 7) is 1.98. The van der Waals surface area contributed by atoms with Crippen molar-refractivity contribution < 1.29 is 15.0 Å². The zero-order valence-electron chi connectivity index (χ0n) is 15.0. The molecule has 4 N–H and O–H groups in total. The summed E-state index contributed by atoms with van der Waals surface area (Å²) in [6, 6.07) is 10.2. The number of halogens is 1. The lowest BCUT2D eigenvalue weighted by molar-refractivity contribution is -0.115. The lowest BCUT2D eigenvalue weighted by atomic mass is 10.1. The zero-order chi connectivity index (χ0) is 20.3. The lowest BCUT2D eigenvalue weighted by Crippen LogP contribution is -2.09. The summed E-state index contributed by atoms with van der Waals surface area (Å²) in [6.07, 6.45) is 1.81. The van der Waals surface area contributed by atoms with E-state index in [4.69, 9.17) is 0 Å². The van der Waals surface area contributed by atoms with Crippen molar-refractivity contribution in [2.24, 2.45) is 4.99 Å². The number of nitrogens with one attached hydrogen (secondary N) is 2. The number of aliphatic imine (C=N–C) groups is 1. The van der Waals surface area contributed by atoms with E-state index in [9.17, 15) is 19.8 Å². The van der Waals surface area contributed by atoms with Crippen LogP contribution >= 0.6 is 22.6 Å². The monoisotopic (exact) mass is 491 g/mol. The topological polar surface area (TPSA) is 115 Å². The van der Waals surface area contributed by atoms with Gasteiger partial charge in [-0.05, 0) is 58.5 Å². The van der Waals surface area contributed by atoms with Gasteiger partial charge in [-0.2, -0.15) is 0 Å². The number of phenols is 1. The molecule has 8 heteroatoms. The van der Waals surface area contributed by atoms with E-state index in [0.717, 1.165) is 9.13 Å². The first-order chi connectivity index (χ1) is 13.4. The summed E-state index contributed by atoms with van der Waals surface area (Å²) in [4.78, 5) is 30.2. The van der Waals surface area contributed by atoms with Crippen molar-refractivity contribution in [1.29, 1.82) is 0 Å². The minimum atomic E-state index is -0.365. The Labute approximate surface area is 174 Å². The molecule has 1 aromatic heterocycles. The van der Waals surface area contributed by atoms with Crippen LogP contribution in [0.25, 0.3) is 10.8 Å². The van der Waals surface area contributed by atoms with Crippen LogP contribution in [0.15, 0.2) is 46.2 Å². The first-order valence-electron chi connectivity index (χ1n) is 8.55. The van der Waals surface area contributed by atoms with Crippen molar-refractivity contribution in [2.75, 3.05) is 5.32 Å². The Morgan fingerprint density at radius 2 is 2.00 bits per heavy atom. The SMILES string of the molecule is CCC(=O)Nc1ccc(CN=Cc2c(O)[nH]c(=O)c3ccc(I)cc23)cc1O. The van der Waals surface area contributed by atoms with Gasteiger partial charge in [0.1, 0.15) is 5.75 Å². The fourth-order valence-electron chi connectivity index (χ4n) is 2.70. The number of amides is 1. The number of hydrogen-bond acceptors (Lipinski definition) is 5. The minimum absolute atomic E-state index is 0.0404. The maximum Gasteiger partial charge on any atom is 0.258 e. The molecule has 0 radical (unpaired) electrons. The lowest BCUT2D eigenvalue weighted by Gasteiger charge is -2.08. The number of H-pyrrole nitrogens is 1. The number of aromatic amines is 1. The number of pyridine rings is 1. The van der Waals surface area contributed by atoms with Crippen LogP contribution in [-0.2, 0) is 11.3 Å². The van der Waals surface area contributed by atoms with Gasteiger partial charge in [0.25, 0.3) is 5.56 Å². The Kier molecular flexibility index (Phi) is 5.98. The van der Waals surface area contributed by atoms with Gasteiger partial charge >= 0.3 is 0 Å². The Morgan fingerprint density at radius 1 is 1.21 bits per heavy atom. The number of aromatic hydroxyl groups is 2. The maximum atomic E-state index is 12.0. The van der Waals surface area contributed by atoms with E-state index < -0.39 is 0 Å². The second-order valence-electron chi connectivity index (χ2n) is 6.13. The predicted octanol–water partition coefficient (Wildman–Crippen LogP) is 3.51. The maximum absolute atomic E-state index is 12.0. The number of anilines is 1. The van der Waals surface area contributed by atoms with Gasteiger partial charge < -0.3 is 15.5 Å². The van der Waals surface area contributed by atoms with Gasteiger partial charge in [-0.1, -0.05) is 13.0 Å². The van der Waals surface area contributed by atoms with Gasteiger partial charge in [0, 0.05) is 27.0 Å². The van der Waals surface area contributed by atoms with Gasteiger partial charge in [-0.25, -0.2) is 0 Å². The molecule has 28 heavy (non-hydrogen) atoms. The van der Waals surface area contributed by atoms with E-state index in [1.165, 1.54) is 12.3 Å². The number of benzene rings is 2. The van der Waals surface area contributed by atoms with Gasteiger partial charge in [-0.3, -0.25) is 19.6 Å². The van der Waals surface area contributed by atoms with Crippen LogP contribution in [0.5, 0.6) is 11.6 Å². The molecular formula is C20H18IN3O4. The third-order valence-corrected chi connectivity index (χ3v) is 4.83. The average molecular weight is 491 g/mol. The van der Waals surface area contributed by atoms with E-state index in [-0.39, 0.29) is 29.6 Å². The Balaban J connectivity index is 1.86. The smallest absolute Gasteiger partial charge is 0.258 e. The summed E-state index contributed by atoms with van der Waals surface area (Å²) in [5, 5.41) is 23.9. The molecule has 0 aliphatic heterocycles. The van der Waals surface area contributed by atoms with E-state index >= 15 is 0 Å². The largest absolute Gasteiger partial charge is 0.506 e. The Hall–Kier alpha value is -2.88. The second kappa shape index (κ2) is 8.42. The summed E-state index contributed by atoms with van der Waals surface area (Å²) >= 11 is 2.14. The van der Waals surface area contributed by atoms with Crippen molar-refractivity contribution in [2.45, 2.75) is 19.9 Å². The van der Waals surface area contributed by atoms with Gasteiger partial charge in [0.05, 0.1) is 17.8 Å². The van der Waals surface area contributed by atoms with Crippen molar-refractivity contribution >= 4 is 51.2 Å². The van der Waals surface area contributed by atoms with Crippen LogP contribution in [0, 0.1) is 3.57 Å². The van der Waals surface area contributed by atoms with Crippen LogP contribution in [0.3, 0.4) is 0 Å². The number of carbonyl (C=O) groups excluding carboxylic acids is 1. The molecule has 0 aliphatic rings. The molecule has 0 spiro atoms. The summed E-state index contributed by atoms with van der Waals surface area (Å²) in [5.74, 6) is -0.471. The van der Waals surface area contributed by atoms with Crippen molar-refractivity contribution in [3.63, 3.8) is 0 Å². The zero-order valence-corrected chi connectivity index (χ0v) is 17.1. The normalized spacial score (nSPS) is 11.2. The molecule has 0 atom stereocenters. The highest BCUT2D eigenvalue weighted by molar-refractivity contribution is 14.1. The molecule has 0 bridgehead atoms. The molecule has 0 aliphatic carbocycles. The van der Waals surface area contributed by atoms with Gasteiger partial charge in [0.2, 0.25) is 11.8 Å². The number of fused-ring (bicyclic) bond motifs is 1. The van der Waals surface area contributed by atoms with Crippen LogP contribution in [0.4, 0.5) is 5.69 Å². The quantitative estimate of drug-likeness (QED) is 0.249. The number of phenolic OH excluding ortho intramolecular Hbond substituents is 1. The van der Waals surface area contributed by atoms with Crippen molar-refractivity contribution in [3.8, 4) is 11.6 Å². The molecular weight excluding hydrogens is 473 g/mol. The highest BCUT2D eigenvalue weighted by Crippen LogP contribution is 2.25. The van der Waals surface area contributed by atoms with Crippen LogP contribution in [0.1, 0.15) is 24.5 Å². The van der Waals surface area contributed by atoms with Crippen molar-refractivity contribution in [3.05, 3.63) is 61.4 Å². The number of rotatable bonds is 5. The fourth-order valence-corrected chi connectivity index (χ4v) is 3.19. The highest BCUT2D eigenvalue weighted by Gasteiger charge is 2.10. The van der Waals surface area contributed by atoms with E-state index in [1.54, 1.807) is 25.1 Å². The standard InChI is InChI=1S/C20H18IN3O4/c1-2-18(26)23-16-6-3-11(7-17(16)25)9-22-10-15-14-8-12(21)4-5-13(14)19(27)24-20(15)28/h3-8,10,25H,2,9H2,1H3,(H,23,26)(H2,24,27,28). The Bertz CT molecular complexity index is 1140. The number of aromatic nitrogens is 1. The molecule has 7 nitrogen and oxygen atoms in total. The molecule has 1 heterocycles. The highest BCUT2D eigenvalue weighted by atomic mass is 127. The molecule has 0 fully saturated rings. The average Bonchev–Trinajstić information content (AvgIpc) is 2.66. The molecule has 0 unspecified atom stereocenters. The minimum Gasteiger partial charge on any atom is -0.506 e. The van der Waals surface area contributed by atoms with Gasteiger partial charge in [-0.15, -0.1) is 0 Å². The molecule has 0 saturated carbocycles. The van der Waals surface area contributed by atoms with E-state index in [0.29, 0.717) is 28.4 Å². The number of nitrogens with zero attached hydrogens (tertiary/aromatic N) is 1. The van der Waals surface area contributed by atoms with E-state index in [1.807, 2.05) is 12.1 Å². The summed E-state index contributed by atoms with van der Waals surface area (Å²) < 4.78 is 0.930. The fraction of sp³-hybridized carbons (Fsp3) is 0.150. The van der Waals surface area contributed by atoms with E-state index in [2.05, 4.69) is 37.9 Å². The number of hydrogen-bond donors (Lipinski definition) is 4. The van der Waals surface area contributed by atoms with Crippen LogP contribution in [0.2, 0.25) is 0 Å². The second-order valence-corrected chi connectivity index (χ2v) is 7.37. The molecule has 0 saturated heterocycles. The first-order valence-corrected chi connectivity index (χ1v) is 9.63. The first kappa shape index (κ1) is 19.9. The number of carbonyl (C=O) groups is 1. The van der Waals surface area contributed by atoms with Crippen LogP contribution < -0.4 is 10.9 Å². The molecule has 3 rings (SSSR count). The molecule has 1 amide bonds. The van der Waals surface area contributed by atoms with Crippen LogP contribution in [-0.4, -0.2) is 27.3 Å². The third-order valence-electron chi connectivity index (χ3n) is 4.16. The molecule has 2 aromatic carbocycles. The molecule has 144 valence electrons. The summed E-state index contributed by atoms with van der Waals surface area (Å²) in [7, 11) is 0. The summed E-state index contributed by atoms with van der Waals surface area (Å²) in [5.41, 5.74) is 1.13.